The van der Waals surface area contributed by atoms with E-state index in [0.29, 0.717) is 16.8 Å². The molecule has 146 valence electrons. The van der Waals surface area contributed by atoms with Crippen LogP contribution in [0.1, 0.15) is 5.56 Å². The smallest absolute Gasteiger partial charge is 0.274 e. The van der Waals surface area contributed by atoms with Crippen molar-refractivity contribution in [3.05, 3.63) is 93.2 Å². The van der Waals surface area contributed by atoms with Crippen LogP contribution in [0.3, 0.4) is 0 Å². The van der Waals surface area contributed by atoms with Crippen molar-refractivity contribution in [3.8, 4) is 16.8 Å². The zero-order chi connectivity index (χ0) is 20.8. The number of aromatic nitrogens is 4. The number of nitrogens with one attached hydrogen (secondary N) is 1. The van der Waals surface area contributed by atoms with Crippen LogP contribution in [0.15, 0.2) is 71.9 Å². The molecule has 0 spiro atoms. The third-order valence-electron chi connectivity index (χ3n) is 5.20. The molecule has 0 bridgehead atoms. The Morgan fingerprint density at radius 2 is 1.90 bits per heavy atom. The lowest BCUT2D eigenvalue weighted by Crippen LogP contribution is -2.18. The number of rotatable bonds is 3. The Balaban J connectivity index is 1.89. The lowest BCUT2D eigenvalue weighted by Gasteiger charge is -2.13. The quantitative estimate of drug-likeness (QED) is 0.280. The van der Waals surface area contributed by atoms with Crippen molar-refractivity contribution in [2.24, 2.45) is 0 Å². The zero-order valence-electron chi connectivity index (χ0n) is 15.9. The maximum Gasteiger partial charge on any atom is 0.274 e. The minimum atomic E-state index is -0.439. The first-order chi connectivity index (χ1) is 14.5. The molecule has 0 aliphatic rings. The molecular formula is C22H15N5O3. The molecule has 5 aromatic rings. The molecule has 5 rings (SSSR count). The first-order valence-corrected chi connectivity index (χ1v) is 9.22. The van der Waals surface area contributed by atoms with Gasteiger partial charge in [-0.05, 0) is 36.8 Å². The van der Waals surface area contributed by atoms with Crippen LogP contribution in [0.25, 0.3) is 38.6 Å². The average molecular weight is 397 g/mol. The molecule has 0 saturated heterocycles. The summed E-state index contributed by atoms with van der Waals surface area (Å²) in [4.78, 5) is 28.4. The lowest BCUT2D eigenvalue weighted by molar-refractivity contribution is -0.385. The number of aromatic amines is 1. The predicted octanol–water partition coefficient (Wildman–Crippen LogP) is 4.15. The molecule has 0 aliphatic carbocycles. The first-order valence-electron chi connectivity index (χ1n) is 9.22. The fraction of sp³-hybridized carbons (Fsp3) is 0.0455. The molecule has 0 unspecified atom stereocenters. The van der Waals surface area contributed by atoms with E-state index < -0.39 is 4.92 Å². The fourth-order valence-electron chi connectivity index (χ4n) is 3.69. The van der Waals surface area contributed by atoms with Gasteiger partial charge in [-0.15, -0.1) is 0 Å². The van der Waals surface area contributed by atoms with Crippen LogP contribution in [0.5, 0.6) is 0 Å². The molecular weight excluding hydrogens is 382 g/mol. The van der Waals surface area contributed by atoms with Crippen molar-refractivity contribution in [2.75, 3.05) is 0 Å². The maximum atomic E-state index is 12.9. The Morgan fingerprint density at radius 3 is 2.67 bits per heavy atom. The van der Waals surface area contributed by atoms with Crippen LogP contribution in [-0.4, -0.2) is 24.7 Å². The summed E-state index contributed by atoms with van der Waals surface area (Å²) in [6.07, 6.45) is 5.21. The largest absolute Gasteiger partial charge is 0.285 e. The van der Waals surface area contributed by atoms with E-state index in [2.05, 4.69) is 15.2 Å². The first kappa shape index (κ1) is 17.7. The summed E-state index contributed by atoms with van der Waals surface area (Å²) < 4.78 is 1.50. The molecule has 2 aromatic carbocycles. The highest BCUT2D eigenvalue weighted by Crippen LogP contribution is 2.30. The minimum absolute atomic E-state index is 0.0335. The highest BCUT2D eigenvalue weighted by atomic mass is 16.6. The van der Waals surface area contributed by atoms with Crippen molar-refractivity contribution < 1.29 is 4.92 Å². The van der Waals surface area contributed by atoms with Crippen molar-refractivity contribution >= 4 is 27.5 Å². The predicted molar refractivity (Wildman–Crippen MR) is 114 cm³/mol. The number of hydrogen-bond donors (Lipinski definition) is 1. The van der Waals surface area contributed by atoms with Gasteiger partial charge in [0.2, 0.25) is 0 Å². The number of nitrogens with zero attached hydrogens (tertiary/aromatic N) is 4. The molecule has 1 N–H and O–H groups in total. The van der Waals surface area contributed by atoms with Gasteiger partial charge < -0.3 is 0 Å². The number of hydrogen-bond acceptors (Lipinski definition) is 5. The summed E-state index contributed by atoms with van der Waals surface area (Å²) >= 11 is 0. The highest BCUT2D eigenvalue weighted by Gasteiger charge is 2.16. The molecule has 3 heterocycles. The zero-order valence-corrected chi connectivity index (χ0v) is 15.9. The Hall–Kier alpha value is -4.33. The van der Waals surface area contributed by atoms with Crippen molar-refractivity contribution in [3.63, 3.8) is 0 Å². The van der Waals surface area contributed by atoms with Crippen LogP contribution < -0.4 is 5.56 Å². The van der Waals surface area contributed by atoms with Crippen LogP contribution in [0, 0.1) is 17.0 Å². The standard InChI is InChI=1S/C22H15N5O3/c1-13-2-5-17(9-20(13)27(29)30)26-21(28)7-4-15-10-23-19-6-3-14(8-18(19)22(15)26)16-11-24-25-12-16/h2-12H,1H3,(H,24,25). The number of benzene rings is 2. The molecule has 0 aliphatic heterocycles. The topological polar surface area (TPSA) is 107 Å². The van der Waals surface area contributed by atoms with Gasteiger partial charge in [0, 0.05) is 46.4 Å². The van der Waals surface area contributed by atoms with Gasteiger partial charge in [0.05, 0.1) is 27.8 Å². The fourth-order valence-corrected chi connectivity index (χ4v) is 3.69. The molecule has 8 heteroatoms. The molecule has 8 nitrogen and oxygen atoms in total. The second-order valence-electron chi connectivity index (χ2n) is 7.02. The number of H-pyrrole nitrogens is 1. The summed E-state index contributed by atoms with van der Waals surface area (Å²) in [7, 11) is 0. The van der Waals surface area contributed by atoms with Crippen LogP contribution in [-0.2, 0) is 0 Å². The van der Waals surface area contributed by atoms with E-state index in [9.17, 15) is 14.9 Å². The summed E-state index contributed by atoms with van der Waals surface area (Å²) in [5.74, 6) is 0. The SMILES string of the molecule is Cc1ccc(-n2c(=O)ccc3cnc4ccc(-c5cn[nH]c5)cc4c32)cc1[N+](=O)[O-]. The van der Waals surface area contributed by atoms with Gasteiger partial charge in [-0.2, -0.15) is 5.10 Å². The third-order valence-corrected chi connectivity index (χ3v) is 5.20. The number of fused-ring (bicyclic) bond motifs is 3. The second kappa shape index (κ2) is 6.63. The van der Waals surface area contributed by atoms with E-state index in [1.165, 1.54) is 16.7 Å². The Bertz CT molecular complexity index is 1500. The Morgan fingerprint density at radius 1 is 1.03 bits per heavy atom. The third kappa shape index (κ3) is 2.74. The van der Waals surface area contributed by atoms with Gasteiger partial charge >= 0.3 is 0 Å². The number of nitro groups is 1. The Labute approximate surface area is 169 Å². The summed E-state index contributed by atoms with van der Waals surface area (Å²) in [5, 5.41) is 19.8. The van der Waals surface area contributed by atoms with E-state index in [1.807, 2.05) is 18.2 Å². The molecule has 0 atom stereocenters. The monoisotopic (exact) mass is 397 g/mol. The van der Waals surface area contributed by atoms with Gasteiger partial charge in [0.25, 0.3) is 11.2 Å². The molecule has 30 heavy (non-hydrogen) atoms. The summed E-state index contributed by atoms with van der Waals surface area (Å²) in [6, 6.07) is 13.7. The second-order valence-corrected chi connectivity index (χ2v) is 7.02. The van der Waals surface area contributed by atoms with Crippen LogP contribution in [0.2, 0.25) is 0 Å². The van der Waals surface area contributed by atoms with E-state index in [-0.39, 0.29) is 11.2 Å². The lowest BCUT2D eigenvalue weighted by atomic mass is 10.0. The van der Waals surface area contributed by atoms with E-state index >= 15 is 0 Å². The number of nitro benzene ring substituents is 1. The number of aryl methyl sites for hydroxylation is 1. The Kier molecular flexibility index (Phi) is 3.92. The van der Waals surface area contributed by atoms with Crippen LogP contribution >= 0.6 is 0 Å². The molecule has 0 radical (unpaired) electrons. The maximum absolute atomic E-state index is 12.9. The number of pyridine rings is 2. The summed E-state index contributed by atoms with van der Waals surface area (Å²) in [5.41, 5.74) is 3.85. The van der Waals surface area contributed by atoms with Gasteiger partial charge in [-0.3, -0.25) is 29.6 Å². The van der Waals surface area contributed by atoms with E-state index in [4.69, 9.17) is 0 Å². The minimum Gasteiger partial charge on any atom is -0.285 e. The van der Waals surface area contributed by atoms with Crippen molar-refractivity contribution in [1.82, 2.24) is 19.7 Å². The van der Waals surface area contributed by atoms with Crippen molar-refractivity contribution in [2.45, 2.75) is 6.92 Å². The van der Waals surface area contributed by atoms with E-state index in [0.717, 1.165) is 27.4 Å². The van der Waals surface area contributed by atoms with Gasteiger partial charge in [0.1, 0.15) is 0 Å². The molecule has 0 saturated carbocycles. The van der Waals surface area contributed by atoms with Crippen LogP contribution in [0.4, 0.5) is 5.69 Å². The summed E-state index contributed by atoms with van der Waals surface area (Å²) in [6.45, 7) is 1.67. The van der Waals surface area contributed by atoms with Gasteiger partial charge in [-0.1, -0.05) is 12.1 Å². The van der Waals surface area contributed by atoms with Gasteiger partial charge in [-0.25, -0.2) is 0 Å². The van der Waals surface area contributed by atoms with Crippen molar-refractivity contribution in [1.29, 1.82) is 0 Å². The average Bonchev–Trinajstić information content (AvgIpc) is 3.28. The van der Waals surface area contributed by atoms with E-state index in [1.54, 1.807) is 43.7 Å². The van der Waals surface area contributed by atoms with Gasteiger partial charge in [0.15, 0.2) is 0 Å². The molecule has 0 amide bonds. The highest BCUT2D eigenvalue weighted by molar-refractivity contribution is 6.05. The molecule has 3 aromatic heterocycles. The normalized spacial score (nSPS) is 11.2. The molecule has 0 fully saturated rings.